The predicted molar refractivity (Wildman–Crippen MR) is 77.3 cm³/mol. The summed E-state index contributed by atoms with van der Waals surface area (Å²) in [6.07, 6.45) is -0.683. The van der Waals surface area contributed by atoms with Gasteiger partial charge in [0.25, 0.3) is 0 Å². The van der Waals surface area contributed by atoms with E-state index in [4.69, 9.17) is 23.2 Å². The van der Waals surface area contributed by atoms with E-state index in [9.17, 15) is 5.11 Å². The number of thiophene rings is 1. The van der Waals surface area contributed by atoms with Gasteiger partial charge in [0.15, 0.2) is 0 Å². The summed E-state index contributed by atoms with van der Waals surface area (Å²) < 4.78 is 1.50. The Balaban J connectivity index is 2.39. The highest BCUT2D eigenvalue weighted by Gasteiger charge is 2.17. The standard InChI is InChI=1S/C12H9BrCl2OS/c1-6-4-10(17-12(6)15)11(16)8-3-2-7(14)5-9(8)13/h2-5,11,16H,1H3. The molecule has 0 spiro atoms. The Morgan fingerprint density at radius 1 is 1.29 bits per heavy atom. The Hall–Kier alpha value is -0.0600. The molecule has 2 aromatic rings. The predicted octanol–water partition coefficient (Wildman–Crippen LogP) is 5.21. The van der Waals surface area contributed by atoms with Crippen molar-refractivity contribution in [2.75, 3.05) is 0 Å². The summed E-state index contributed by atoms with van der Waals surface area (Å²) in [6.45, 7) is 1.92. The van der Waals surface area contributed by atoms with E-state index in [1.54, 1.807) is 18.2 Å². The van der Waals surface area contributed by atoms with Crippen LogP contribution < -0.4 is 0 Å². The van der Waals surface area contributed by atoms with Crippen molar-refractivity contribution < 1.29 is 5.11 Å². The normalized spacial score (nSPS) is 12.8. The Bertz CT molecular complexity index is 534. The van der Waals surface area contributed by atoms with Crippen LogP contribution >= 0.6 is 50.5 Å². The highest BCUT2D eigenvalue weighted by atomic mass is 79.9. The fourth-order valence-electron chi connectivity index (χ4n) is 1.49. The summed E-state index contributed by atoms with van der Waals surface area (Å²) in [6, 6.07) is 7.23. The quantitative estimate of drug-likeness (QED) is 0.787. The SMILES string of the molecule is Cc1cc(C(O)c2ccc(Cl)cc2Br)sc1Cl. The average Bonchev–Trinajstić information content (AvgIpc) is 2.58. The summed E-state index contributed by atoms with van der Waals surface area (Å²) in [5.74, 6) is 0. The zero-order valence-corrected chi connectivity index (χ0v) is 12.8. The molecule has 5 heteroatoms. The van der Waals surface area contributed by atoms with Crippen LogP contribution in [0.1, 0.15) is 22.1 Å². The second kappa shape index (κ2) is 5.29. The van der Waals surface area contributed by atoms with E-state index in [1.165, 1.54) is 11.3 Å². The zero-order chi connectivity index (χ0) is 12.6. The summed E-state index contributed by atoms with van der Waals surface area (Å²) in [5.41, 5.74) is 1.77. The van der Waals surface area contributed by atoms with Crippen molar-refractivity contribution in [3.8, 4) is 0 Å². The Labute approximate surface area is 122 Å². The number of hydrogen-bond acceptors (Lipinski definition) is 2. The molecule has 0 bridgehead atoms. The second-order valence-corrected chi connectivity index (χ2v) is 6.65. The van der Waals surface area contributed by atoms with Crippen molar-refractivity contribution in [1.82, 2.24) is 0 Å². The van der Waals surface area contributed by atoms with Gasteiger partial charge >= 0.3 is 0 Å². The van der Waals surface area contributed by atoms with Gasteiger partial charge in [0.2, 0.25) is 0 Å². The third kappa shape index (κ3) is 2.85. The van der Waals surface area contributed by atoms with E-state index in [1.807, 2.05) is 13.0 Å². The van der Waals surface area contributed by atoms with Gasteiger partial charge in [0.05, 0.1) is 4.34 Å². The molecule has 0 saturated carbocycles. The fourth-order valence-corrected chi connectivity index (χ4v) is 3.62. The van der Waals surface area contributed by atoms with Crippen molar-refractivity contribution in [2.24, 2.45) is 0 Å². The van der Waals surface area contributed by atoms with Crippen LogP contribution in [-0.2, 0) is 0 Å². The van der Waals surface area contributed by atoms with E-state index >= 15 is 0 Å². The van der Waals surface area contributed by atoms with Gasteiger partial charge < -0.3 is 5.11 Å². The molecule has 0 radical (unpaired) electrons. The highest BCUT2D eigenvalue weighted by Crippen LogP contribution is 2.36. The number of aliphatic hydroxyl groups excluding tert-OH is 1. The smallest absolute Gasteiger partial charge is 0.114 e. The Morgan fingerprint density at radius 3 is 2.53 bits per heavy atom. The lowest BCUT2D eigenvalue weighted by atomic mass is 10.1. The molecular formula is C12H9BrCl2OS. The first kappa shape index (κ1) is 13.4. The van der Waals surface area contributed by atoms with E-state index in [-0.39, 0.29) is 0 Å². The maximum Gasteiger partial charge on any atom is 0.114 e. The summed E-state index contributed by atoms with van der Waals surface area (Å²) in [4.78, 5) is 0.829. The number of aryl methyl sites for hydroxylation is 1. The third-order valence-corrected chi connectivity index (χ3v) is 4.93. The third-order valence-electron chi connectivity index (χ3n) is 2.40. The molecular weight excluding hydrogens is 343 g/mol. The molecule has 0 aliphatic rings. The molecule has 1 atom stereocenters. The first-order chi connectivity index (χ1) is 7.99. The van der Waals surface area contributed by atoms with Crippen LogP contribution in [-0.4, -0.2) is 5.11 Å². The van der Waals surface area contributed by atoms with E-state index < -0.39 is 6.10 Å². The van der Waals surface area contributed by atoms with Crippen LogP contribution in [0.25, 0.3) is 0 Å². The van der Waals surface area contributed by atoms with Gasteiger partial charge in [-0.3, -0.25) is 0 Å². The second-order valence-electron chi connectivity index (χ2n) is 3.67. The molecule has 1 aromatic heterocycles. The van der Waals surface area contributed by atoms with Crippen LogP contribution in [0.2, 0.25) is 9.36 Å². The summed E-state index contributed by atoms with van der Waals surface area (Å²) in [7, 11) is 0. The van der Waals surface area contributed by atoms with Gasteiger partial charge in [-0.05, 0) is 30.7 Å². The zero-order valence-electron chi connectivity index (χ0n) is 8.88. The maximum atomic E-state index is 10.3. The largest absolute Gasteiger partial charge is 0.383 e. The van der Waals surface area contributed by atoms with Crippen molar-refractivity contribution in [3.63, 3.8) is 0 Å². The van der Waals surface area contributed by atoms with Crippen molar-refractivity contribution in [3.05, 3.63) is 54.1 Å². The lowest BCUT2D eigenvalue weighted by molar-refractivity contribution is 0.223. The van der Waals surface area contributed by atoms with Crippen LogP contribution in [0.4, 0.5) is 0 Å². The van der Waals surface area contributed by atoms with E-state index in [0.29, 0.717) is 9.36 Å². The Morgan fingerprint density at radius 2 is 2.00 bits per heavy atom. The van der Waals surface area contributed by atoms with Crippen LogP contribution in [0.3, 0.4) is 0 Å². The minimum absolute atomic E-state index is 0.633. The fraction of sp³-hybridized carbons (Fsp3) is 0.167. The van der Waals surface area contributed by atoms with Gasteiger partial charge in [-0.1, -0.05) is 45.2 Å². The Kier molecular flexibility index (Phi) is 4.16. The summed E-state index contributed by atoms with van der Waals surface area (Å²) >= 11 is 16.7. The topological polar surface area (TPSA) is 20.2 Å². The molecule has 1 nitrogen and oxygen atoms in total. The van der Waals surface area contributed by atoms with Crippen molar-refractivity contribution in [2.45, 2.75) is 13.0 Å². The minimum Gasteiger partial charge on any atom is -0.383 e. The summed E-state index contributed by atoms with van der Waals surface area (Å²) in [5, 5.41) is 10.9. The number of rotatable bonds is 2. The van der Waals surface area contributed by atoms with Crippen LogP contribution in [0.5, 0.6) is 0 Å². The molecule has 0 amide bonds. The van der Waals surface area contributed by atoms with Gasteiger partial charge in [0, 0.05) is 19.9 Å². The molecule has 1 N–H and O–H groups in total. The molecule has 0 saturated heterocycles. The maximum absolute atomic E-state index is 10.3. The number of aliphatic hydroxyl groups is 1. The highest BCUT2D eigenvalue weighted by molar-refractivity contribution is 9.10. The van der Waals surface area contributed by atoms with Gasteiger partial charge in [-0.15, -0.1) is 11.3 Å². The van der Waals surface area contributed by atoms with Gasteiger partial charge in [-0.2, -0.15) is 0 Å². The molecule has 0 aliphatic carbocycles. The van der Waals surface area contributed by atoms with Crippen molar-refractivity contribution >= 4 is 50.5 Å². The number of benzene rings is 1. The molecule has 0 fully saturated rings. The molecule has 1 unspecified atom stereocenters. The van der Waals surface area contributed by atoms with Crippen molar-refractivity contribution in [1.29, 1.82) is 0 Å². The molecule has 2 rings (SSSR count). The minimum atomic E-state index is -0.683. The van der Waals surface area contributed by atoms with E-state index in [2.05, 4.69) is 15.9 Å². The van der Waals surface area contributed by atoms with Crippen LogP contribution in [0, 0.1) is 6.92 Å². The molecule has 1 heterocycles. The first-order valence-corrected chi connectivity index (χ1v) is 7.24. The van der Waals surface area contributed by atoms with E-state index in [0.717, 1.165) is 20.5 Å². The molecule has 0 aliphatic heterocycles. The molecule has 1 aromatic carbocycles. The molecule has 17 heavy (non-hydrogen) atoms. The average molecular weight is 352 g/mol. The molecule has 90 valence electrons. The lowest BCUT2D eigenvalue weighted by Crippen LogP contribution is -1.98. The number of halogens is 3. The number of hydrogen-bond donors (Lipinski definition) is 1. The van der Waals surface area contributed by atoms with Gasteiger partial charge in [-0.25, -0.2) is 0 Å². The van der Waals surface area contributed by atoms with Crippen LogP contribution in [0.15, 0.2) is 28.7 Å². The monoisotopic (exact) mass is 350 g/mol. The first-order valence-electron chi connectivity index (χ1n) is 4.88. The lowest BCUT2D eigenvalue weighted by Gasteiger charge is -2.11. The van der Waals surface area contributed by atoms with Gasteiger partial charge in [0.1, 0.15) is 6.10 Å².